The van der Waals surface area contributed by atoms with E-state index < -0.39 is 15.4 Å². The van der Waals surface area contributed by atoms with E-state index in [0.717, 1.165) is 10.8 Å². The van der Waals surface area contributed by atoms with Gasteiger partial charge in [-0.2, -0.15) is 0 Å². The van der Waals surface area contributed by atoms with Gasteiger partial charge in [-0.1, -0.05) is 87.5 Å². The Morgan fingerprint density at radius 1 is 0.812 bits per heavy atom. The molecule has 0 bridgehead atoms. The summed E-state index contributed by atoms with van der Waals surface area (Å²) in [6, 6.07) is 30.1. The molecule has 0 saturated heterocycles. The van der Waals surface area contributed by atoms with Gasteiger partial charge in [-0.05, 0) is 53.6 Å². The molecule has 32 heavy (non-hydrogen) atoms. The monoisotopic (exact) mass is 477 g/mol. The smallest absolute Gasteiger partial charge is 0.250 e. The number of nitrogens with zero attached hydrogens (tertiary/aromatic N) is 1. The molecule has 5 heteroatoms. The molecule has 4 rings (SSSR count). The van der Waals surface area contributed by atoms with Crippen LogP contribution < -0.4 is 15.0 Å². The Hall–Kier alpha value is -2.13. The van der Waals surface area contributed by atoms with Crippen LogP contribution in [-0.2, 0) is 0 Å². The number of hydrogen-bond acceptors (Lipinski definition) is 3. The first-order valence-corrected chi connectivity index (χ1v) is 16.9. The summed E-state index contributed by atoms with van der Waals surface area (Å²) in [5.74, 6) is 0.992. The van der Waals surface area contributed by atoms with Crippen molar-refractivity contribution in [3.8, 4) is 5.75 Å². The zero-order valence-electron chi connectivity index (χ0n) is 19.8. The van der Waals surface area contributed by atoms with Gasteiger partial charge in [-0.3, -0.25) is 0 Å². The summed E-state index contributed by atoms with van der Waals surface area (Å²) < 4.78 is 13.4. The van der Waals surface area contributed by atoms with Crippen LogP contribution in [0.15, 0.2) is 89.7 Å². The zero-order valence-corrected chi connectivity index (χ0v) is 22.5. The van der Waals surface area contributed by atoms with Crippen molar-refractivity contribution in [2.24, 2.45) is 4.74 Å². The maximum Gasteiger partial charge on any atom is 0.250 e. The third-order valence-corrected chi connectivity index (χ3v) is 15.2. The van der Waals surface area contributed by atoms with Gasteiger partial charge in [0.25, 0.3) is 8.32 Å². The molecule has 2 nitrogen and oxygen atoms in total. The van der Waals surface area contributed by atoms with Gasteiger partial charge in [0.05, 0.1) is 0 Å². The lowest BCUT2D eigenvalue weighted by molar-refractivity contribution is 0.496. The fourth-order valence-corrected chi connectivity index (χ4v) is 8.48. The molecular weight excluding hydrogens is 445 g/mol. The van der Waals surface area contributed by atoms with E-state index >= 15 is 0 Å². The fraction of sp³-hybridized carbons (Fsp3) is 0.259. The Morgan fingerprint density at radius 3 is 1.91 bits per heavy atom. The Labute approximate surface area is 197 Å². The van der Waals surface area contributed by atoms with Crippen molar-refractivity contribution >= 4 is 52.4 Å². The second kappa shape index (κ2) is 8.66. The number of benzene rings is 3. The van der Waals surface area contributed by atoms with Gasteiger partial charge in [0.1, 0.15) is 10.8 Å². The summed E-state index contributed by atoms with van der Waals surface area (Å²) in [6.45, 7) is 13.8. The highest BCUT2D eigenvalue weighted by atomic mass is 32.1. The largest absolute Gasteiger partial charge is 0.543 e. The predicted molar refractivity (Wildman–Crippen MR) is 147 cm³/mol. The molecule has 0 unspecified atom stereocenters. The van der Waals surface area contributed by atoms with Crippen molar-refractivity contribution in [2.75, 3.05) is 6.66 Å². The molecule has 0 N–H and O–H groups in total. The summed E-state index contributed by atoms with van der Waals surface area (Å²) in [5.41, 5.74) is 0. The Bertz CT molecular complexity index is 1230. The summed E-state index contributed by atoms with van der Waals surface area (Å²) in [7, 11) is -3.86. The van der Waals surface area contributed by atoms with E-state index in [2.05, 4.69) is 125 Å². The molecule has 1 heterocycles. The topological polar surface area (TPSA) is 21.6 Å². The van der Waals surface area contributed by atoms with Gasteiger partial charge in [0, 0.05) is 17.1 Å². The summed E-state index contributed by atoms with van der Waals surface area (Å²) in [6.07, 6.45) is 0. The van der Waals surface area contributed by atoms with Crippen LogP contribution in [0.4, 0.5) is 5.00 Å². The molecule has 0 amide bonds. The van der Waals surface area contributed by atoms with Crippen molar-refractivity contribution in [2.45, 2.75) is 38.9 Å². The number of rotatable bonds is 5. The molecule has 0 aliphatic carbocycles. The van der Waals surface area contributed by atoms with Crippen molar-refractivity contribution in [1.29, 1.82) is 0 Å². The summed E-state index contributed by atoms with van der Waals surface area (Å²) >= 11 is 1.76. The molecule has 0 spiro atoms. The first-order valence-electron chi connectivity index (χ1n) is 11.0. The molecule has 0 saturated carbocycles. The Kier molecular flexibility index (Phi) is 6.24. The first kappa shape index (κ1) is 23.0. The van der Waals surface area contributed by atoms with E-state index in [9.17, 15) is 0 Å². The van der Waals surface area contributed by atoms with Crippen LogP contribution in [0, 0.1) is 0 Å². The van der Waals surface area contributed by atoms with Crippen LogP contribution >= 0.6 is 18.4 Å². The van der Waals surface area contributed by atoms with Gasteiger partial charge in [0.15, 0.2) is 0 Å². The van der Waals surface area contributed by atoms with E-state index in [-0.39, 0.29) is 5.04 Å². The minimum Gasteiger partial charge on any atom is -0.543 e. The van der Waals surface area contributed by atoms with Crippen LogP contribution in [0.2, 0.25) is 18.1 Å². The molecule has 0 aliphatic heterocycles. The third-order valence-electron chi connectivity index (χ3n) is 6.50. The van der Waals surface area contributed by atoms with Crippen molar-refractivity contribution < 1.29 is 4.43 Å². The number of hydrogen-bond donors (Lipinski definition) is 0. The van der Waals surface area contributed by atoms with Crippen LogP contribution in [0.1, 0.15) is 20.8 Å². The lowest BCUT2D eigenvalue weighted by atomic mass is 10.2. The van der Waals surface area contributed by atoms with Crippen LogP contribution in [0.3, 0.4) is 0 Å². The van der Waals surface area contributed by atoms with Gasteiger partial charge in [-0.25, -0.2) is 4.74 Å². The van der Waals surface area contributed by atoms with E-state index in [1.54, 1.807) is 11.3 Å². The van der Waals surface area contributed by atoms with Crippen LogP contribution in [-0.4, -0.2) is 15.0 Å². The molecule has 0 radical (unpaired) electrons. The van der Waals surface area contributed by atoms with E-state index in [1.807, 2.05) is 0 Å². The average molecular weight is 478 g/mol. The molecule has 1 aromatic heterocycles. The third kappa shape index (κ3) is 4.50. The van der Waals surface area contributed by atoms with Crippen molar-refractivity contribution in [1.82, 2.24) is 0 Å². The zero-order chi connectivity index (χ0) is 23.0. The highest BCUT2D eigenvalue weighted by Crippen LogP contribution is 2.50. The Morgan fingerprint density at radius 2 is 1.38 bits per heavy atom. The average Bonchev–Trinajstić information content (AvgIpc) is 3.17. The van der Waals surface area contributed by atoms with E-state index in [1.165, 1.54) is 20.7 Å². The molecule has 0 fully saturated rings. The van der Waals surface area contributed by atoms with Crippen LogP contribution in [0.5, 0.6) is 5.75 Å². The van der Waals surface area contributed by atoms with Crippen molar-refractivity contribution in [3.05, 3.63) is 84.9 Å². The fourth-order valence-electron chi connectivity index (χ4n) is 3.49. The molecule has 0 atom stereocenters. The Balaban J connectivity index is 1.86. The molecule has 0 aliphatic rings. The highest BCUT2D eigenvalue weighted by Gasteiger charge is 2.39. The standard InChI is InChI=1S/C27H32NOPSSi/c1-27(2,3)32(5,6)29-24-18-13-19-25-23(24)20-26(31-25)28-30(4,21-14-9-7-10-15-21)22-16-11-8-12-17-22/h7-20H,1-6H3. The van der Waals surface area contributed by atoms with Crippen molar-refractivity contribution in [3.63, 3.8) is 0 Å². The van der Waals surface area contributed by atoms with Gasteiger partial charge in [-0.15, -0.1) is 11.3 Å². The molecular formula is C27H32NOPSSi. The van der Waals surface area contributed by atoms with E-state index in [4.69, 9.17) is 9.17 Å². The van der Waals surface area contributed by atoms with E-state index in [0.29, 0.717) is 0 Å². The molecule has 4 aromatic rings. The van der Waals surface area contributed by atoms with Gasteiger partial charge in [0.2, 0.25) is 0 Å². The SMILES string of the molecule is CC(C)(C)[Si](C)(C)Oc1cccc2sc(N=P(C)(c3ccccc3)c3ccccc3)cc12. The minimum atomic E-state index is -1.93. The maximum absolute atomic E-state index is 6.71. The lowest BCUT2D eigenvalue weighted by Gasteiger charge is -2.36. The highest BCUT2D eigenvalue weighted by molar-refractivity contribution is 7.80. The first-order chi connectivity index (χ1) is 15.1. The molecule has 166 valence electrons. The summed E-state index contributed by atoms with van der Waals surface area (Å²) in [5, 5.41) is 4.98. The maximum atomic E-state index is 6.71. The second-order valence-electron chi connectivity index (χ2n) is 9.85. The minimum absolute atomic E-state index is 0.156. The predicted octanol–water partition coefficient (Wildman–Crippen LogP) is 8.40. The number of thiophene rings is 1. The van der Waals surface area contributed by atoms with Crippen LogP contribution in [0.25, 0.3) is 10.1 Å². The summed E-state index contributed by atoms with van der Waals surface area (Å²) in [4.78, 5) is 0. The lowest BCUT2D eigenvalue weighted by Crippen LogP contribution is -2.43. The number of fused-ring (bicyclic) bond motifs is 1. The quantitative estimate of drug-likeness (QED) is 0.209. The van der Waals surface area contributed by atoms with Gasteiger partial charge < -0.3 is 4.43 Å². The normalized spacial score (nSPS) is 12.7. The second-order valence-corrected chi connectivity index (χ2v) is 18.8. The van der Waals surface area contributed by atoms with Gasteiger partial charge >= 0.3 is 0 Å². The molecule has 3 aromatic carbocycles.